The van der Waals surface area contributed by atoms with Crippen LogP contribution in [0.15, 0.2) is 46.5 Å². The van der Waals surface area contributed by atoms with Crippen LogP contribution in [0.2, 0.25) is 0 Å². The van der Waals surface area contributed by atoms with Gasteiger partial charge in [-0.3, -0.25) is 4.79 Å². The van der Waals surface area contributed by atoms with E-state index in [1.54, 1.807) is 16.2 Å². The molecular weight excluding hydrogens is 362 g/mol. The fourth-order valence-corrected chi connectivity index (χ4v) is 4.83. The molecule has 3 heterocycles. The molecule has 6 heteroatoms. The Labute approximate surface area is 161 Å². The lowest BCUT2D eigenvalue weighted by atomic mass is 10.1. The van der Waals surface area contributed by atoms with Crippen LogP contribution < -0.4 is 4.90 Å². The molecule has 0 radical (unpaired) electrons. The van der Waals surface area contributed by atoms with Crippen LogP contribution in [0.1, 0.15) is 28.9 Å². The molecule has 3 aromatic rings. The Morgan fingerprint density at radius 3 is 2.77 bits per heavy atom. The molecule has 134 valence electrons. The molecule has 0 N–H and O–H groups in total. The van der Waals surface area contributed by atoms with Gasteiger partial charge in [-0.05, 0) is 35.9 Å². The lowest BCUT2D eigenvalue weighted by Crippen LogP contribution is -2.28. The molecule has 0 unspecified atom stereocenters. The summed E-state index contributed by atoms with van der Waals surface area (Å²) in [4.78, 5) is 21.5. The summed E-state index contributed by atoms with van der Waals surface area (Å²) in [6, 6.07) is 10.4. The Bertz CT molecular complexity index is 882. The van der Waals surface area contributed by atoms with Gasteiger partial charge < -0.3 is 9.80 Å². The number of anilines is 1. The topological polar surface area (TPSA) is 36.4 Å². The molecule has 4 nitrogen and oxygen atoms in total. The smallest absolute Gasteiger partial charge is 0.273 e. The van der Waals surface area contributed by atoms with Gasteiger partial charge in [0, 0.05) is 48.7 Å². The quantitative estimate of drug-likeness (QED) is 0.638. The first-order valence-electron chi connectivity index (χ1n) is 8.79. The van der Waals surface area contributed by atoms with Crippen LogP contribution in [-0.2, 0) is 6.54 Å². The highest BCUT2D eigenvalue weighted by molar-refractivity contribution is 7.14. The van der Waals surface area contributed by atoms with Gasteiger partial charge in [-0.2, -0.15) is 11.3 Å². The predicted molar refractivity (Wildman–Crippen MR) is 109 cm³/mol. The molecule has 0 saturated carbocycles. The van der Waals surface area contributed by atoms with E-state index in [0.29, 0.717) is 12.2 Å². The lowest BCUT2D eigenvalue weighted by molar-refractivity contribution is 0.0780. The van der Waals surface area contributed by atoms with Crippen molar-refractivity contribution >= 4 is 34.3 Å². The summed E-state index contributed by atoms with van der Waals surface area (Å²) in [6.07, 6.45) is 2.49. The number of hydrogen-bond acceptors (Lipinski definition) is 5. The maximum atomic E-state index is 12.8. The van der Waals surface area contributed by atoms with E-state index in [9.17, 15) is 4.79 Å². The standard InChI is InChI=1S/C20H21N3OS2/c1-22(12-15-6-2-3-7-18(15)23-9-4-5-10-23)20(24)17-14-26-19(21-17)16-8-11-25-13-16/h2-3,6-8,11,13-14H,4-5,9-10,12H2,1H3. The summed E-state index contributed by atoms with van der Waals surface area (Å²) < 4.78 is 0. The highest BCUT2D eigenvalue weighted by atomic mass is 32.1. The zero-order valence-electron chi connectivity index (χ0n) is 14.7. The van der Waals surface area contributed by atoms with Crippen molar-refractivity contribution in [1.82, 2.24) is 9.88 Å². The highest BCUT2D eigenvalue weighted by Gasteiger charge is 2.20. The molecule has 1 aromatic carbocycles. The van der Waals surface area contributed by atoms with E-state index in [1.807, 2.05) is 29.9 Å². The van der Waals surface area contributed by atoms with Crippen LogP contribution in [0.25, 0.3) is 10.6 Å². The second kappa shape index (κ2) is 7.60. The van der Waals surface area contributed by atoms with E-state index < -0.39 is 0 Å². The summed E-state index contributed by atoms with van der Waals surface area (Å²) in [5.74, 6) is -0.0287. The average molecular weight is 384 g/mol. The lowest BCUT2D eigenvalue weighted by Gasteiger charge is -2.24. The summed E-state index contributed by atoms with van der Waals surface area (Å²) in [5, 5.41) is 6.85. The number of carbonyl (C=O) groups excluding carboxylic acids is 1. The van der Waals surface area contributed by atoms with Crippen molar-refractivity contribution in [1.29, 1.82) is 0 Å². The molecule has 1 amide bonds. The molecule has 1 saturated heterocycles. The summed E-state index contributed by atoms with van der Waals surface area (Å²) in [6.45, 7) is 2.80. The maximum Gasteiger partial charge on any atom is 0.273 e. The Hall–Kier alpha value is -2.18. The Morgan fingerprint density at radius 2 is 2.00 bits per heavy atom. The number of benzene rings is 1. The first-order valence-corrected chi connectivity index (χ1v) is 10.6. The maximum absolute atomic E-state index is 12.8. The summed E-state index contributed by atoms with van der Waals surface area (Å²) in [5.41, 5.74) is 4.05. The number of para-hydroxylation sites is 1. The van der Waals surface area contributed by atoms with Crippen molar-refractivity contribution in [3.8, 4) is 10.6 Å². The first-order chi connectivity index (χ1) is 12.7. The molecule has 4 rings (SSSR count). The summed E-state index contributed by atoms with van der Waals surface area (Å²) in [7, 11) is 1.85. The van der Waals surface area contributed by atoms with Gasteiger partial charge in [0.15, 0.2) is 0 Å². The number of hydrogen-bond donors (Lipinski definition) is 0. The van der Waals surface area contributed by atoms with Crippen LogP contribution in [0.4, 0.5) is 5.69 Å². The van der Waals surface area contributed by atoms with Gasteiger partial charge in [0.2, 0.25) is 0 Å². The first kappa shape index (κ1) is 17.2. The number of thiazole rings is 1. The monoisotopic (exact) mass is 383 g/mol. The van der Waals surface area contributed by atoms with E-state index in [4.69, 9.17) is 0 Å². The third-order valence-corrected chi connectivity index (χ3v) is 6.26. The highest BCUT2D eigenvalue weighted by Crippen LogP contribution is 2.28. The Balaban J connectivity index is 1.50. The fourth-order valence-electron chi connectivity index (χ4n) is 3.32. The molecule has 1 aliphatic rings. The van der Waals surface area contributed by atoms with E-state index >= 15 is 0 Å². The van der Waals surface area contributed by atoms with E-state index in [0.717, 1.165) is 23.7 Å². The van der Waals surface area contributed by atoms with Crippen molar-refractivity contribution in [2.45, 2.75) is 19.4 Å². The Kier molecular flexibility index (Phi) is 5.04. The molecule has 0 spiro atoms. The minimum absolute atomic E-state index is 0.0287. The van der Waals surface area contributed by atoms with Gasteiger partial charge in [0.25, 0.3) is 5.91 Å². The average Bonchev–Trinajstić information content (AvgIpc) is 3.43. The second-order valence-corrected chi connectivity index (χ2v) is 8.17. The number of amides is 1. The van der Waals surface area contributed by atoms with Crippen LogP contribution in [-0.4, -0.2) is 35.9 Å². The molecule has 0 atom stereocenters. The van der Waals surface area contributed by atoms with Gasteiger partial charge in [-0.15, -0.1) is 11.3 Å². The van der Waals surface area contributed by atoms with E-state index in [-0.39, 0.29) is 5.91 Å². The van der Waals surface area contributed by atoms with Crippen molar-refractivity contribution in [2.75, 3.05) is 25.0 Å². The van der Waals surface area contributed by atoms with Gasteiger partial charge >= 0.3 is 0 Å². The number of carbonyl (C=O) groups is 1. The number of aromatic nitrogens is 1. The SMILES string of the molecule is CN(Cc1ccccc1N1CCCC1)C(=O)c1csc(-c2ccsc2)n1. The van der Waals surface area contributed by atoms with E-state index in [1.165, 1.54) is 35.4 Å². The predicted octanol–water partition coefficient (Wildman–Crippen LogP) is 4.74. The molecule has 0 bridgehead atoms. The largest absolute Gasteiger partial charge is 0.371 e. The molecule has 1 fully saturated rings. The van der Waals surface area contributed by atoms with E-state index in [2.05, 4.69) is 33.5 Å². The molecular formula is C20H21N3OS2. The van der Waals surface area contributed by atoms with Gasteiger partial charge in [0.05, 0.1) is 0 Å². The summed E-state index contributed by atoms with van der Waals surface area (Å²) >= 11 is 3.16. The molecule has 0 aliphatic carbocycles. The van der Waals surface area contributed by atoms with Crippen LogP contribution in [0, 0.1) is 0 Å². The minimum Gasteiger partial charge on any atom is -0.371 e. The van der Waals surface area contributed by atoms with Crippen LogP contribution in [0.5, 0.6) is 0 Å². The third kappa shape index (κ3) is 3.52. The molecule has 2 aromatic heterocycles. The van der Waals surface area contributed by atoms with Crippen molar-refractivity contribution < 1.29 is 4.79 Å². The molecule has 26 heavy (non-hydrogen) atoms. The van der Waals surface area contributed by atoms with Crippen LogP contribution >= 0.6 is 22.7 Å². The number of thiophene rings is 1. The van der Waals surface area contributed by atoms with Crippen molar-refractivity contribution in [2.24, 2.45) is 0 Å². The zero-order chi connectivity index (χ0) is 17.9. The zero-order valence-corrected chi connectivity index (χ0v) is 16.4. The third-order valence-electron chi connectivity index (χ3n) is 4.68. The van der Waals surface area contributed by atoms with Crippen LogP contribution in [0.3, 0.4) is 0 Å². The van der Waals surface area contributed by atoms with Crippen molar-refractivity contribution in [3.63, 3.8) is 0 Å². The number of nitrogens with zero attached hydrogens (tertiary/aromatic N) is 3. The van der Waals surface area contributed by atoms with Gasteiger partial charge in [0.1, 0.15) is 10.7 Å². The Morgan fingerprint density at radius 1 is 1.19 bits per heavy atom. The number of rotatable bonds is 5. The van der Waals surface area contributed by atoms with Gasteiger partial charge in [-0.25, -0.2) is 4.98 Å². The van der Waals surface area contributed by atoms with Crippen molar-refractivity contribution in [3.05, 3.63) is 57.7 Å². The normalized spacial score (nSPS) is 14.0. The second-order valence-electron chi connectivity index (χ2n) is 6.53. The minimum atomic E-state index is -0.0287. The fraction of sp³-hybridized carbons (Fsp3) is 0.300. The molecule has 1 aliphatic heterocycles. The van der Waals surface area contributed by atoms with Gasteiger partial charge in [-0.1, -0.05) is 18.2 Å².